The van der Waals surface area contributed by atoms with E-state index in [1.807, 2.05) is 4.90 Å². The first kappa shape index (κ1) is 16.7. The zero-order chi connectivity index (χ0) is 16.0. The van der Waals surface area contributed by atoms with Gasteiger partial charge in [0, 0.05) is 31.4 Å². The van der Waals surface area contributed by atoms with Crippen LogP contribution in [-0.4, -0.2) is 37.7 Å². The van der Waals surface area contributed by atoms with Gasteiger partial charge in [-0.2, -0.15) is 0 Å². The third kappa shape index (κ3) is 4.94. The minimum Gasteiger partial charge on any atom is -0.484 e. The van der Waals surface area contributed by atoms with Crippen molar-refractivity contribution in [2.45, 2.75) is 26.4 Å². The van der Waals surface area contributed by atoms with Gasteiger partial charge in [0.25, 0.3) is 0 Å². The molecular formula is C14H20N2O5. The van der Waals surface area contributed by atoms with Crippen molar-refractivity contribution >= 4 is 17.3 Å². The van der Waals surface area contributed by atoms with Crippen molar-refractivity contribution in [3.05, 3.63) is 28.3 Å². The van der Waals surface area contributed by atoms with Crippen LogP contribution in [0.5, 0.6) is 5.75 Å². The van der Waals surface area contributed by atoms with Gasteiger partial charge in [-0.25, -0.2) is 0 Å². The number of benzene rings is 1. The van der Waals surface area contributed by atoms with Crippen LogP contribution >= 0.6 is 0 Å². The van der Waals surface area contributed by atoms with E-state index >= 15 is 0 Å². The predicted molar refractivity (Wildman–Crippen MR) is 78.8 cm³/mol. The first-order valence-corrected chi connectivity index (χ1v) is 6.58. The molecular weight excluding hydrogens is 276 g/mol. The molecule has 1 aromatic carbocycles. The lowest BCUT2D eigenvalue weighted by molar-refractivity contribution is -0.386. The van der Waals surface area contributed by atoms with Crippen LogP contribution in [0, 0.1) is 10.1 Å². The lowest BCUT2D eigenvalue weighted by Crippen LogP contribution is -2.21. The van der Waals surface area contributed by atoms with Crippen LogP contribution in [0.15, 0.2) is 18.2 Å². The van der Waals surface area contributed by atoms with Crippen molar-refractivity contribution in [1.82, 2.24) is 0 Å². The Labute approximate surface area is 123 Å². The summed E-state index contributed by atoms with van der Waals surface area (Å²) >= 11 is 0. The van der Waals surface area contributed by atoms with Crippen molar-refractivity contribution in [1.29, 1.82) is 0 Å². The van der Waals surface area contributed by atoms with Gasteiger partial charge in [-0.15, -0.1) is 0 Å². The SMILES string of the molecule is COC(=O)CCN(C)c1ccc([N+](=O)[O-])c(OC(C)C)c1. The highest BCUT2D eigenvalue weighted by molar-refractivity contribution is 5.70. The molecule has 0 amide bonds. The molecule has 0 saturated heterocycles. The zero-order valence-corrected chi connectivity index (χ0v) is 12.7. The van der Waals surface area contributed by atoms with Crippen LogP contribution in [-0.2, 0) is 9.53 Å². The molecule has 0 unspecified atom stereocenters. The number of ether oxygens (including phenoxy) is 2. The van der Waals surface area contributed by atoms with E-state index in [0.717, 1.165) is 5.69 Å². The largest absolute Gasteiger partial charge is 0.484 e. The molecule has 0 heterocycles. The fourth-order valence-electron chi connectivity index (χ4n) is 1.73. The van der Waals surface area contributed by atoms with Crippen LogP contribution < -0.4 is 9.64 Å². The van der Waals surface area contributed by atoms with Gasteiger partial charge in [-0.1, -0.05) is 0 Å². The van der Waals surface area contributed by atoms with Gasteiger partial charge < -0.3 is 14.4 Å². The molecule has 0 aliphatic carbocycles. The fourth-order valence-corrected chi connectivity index (χ4v) is 1.73. The highest BCUT2D eigenvalue weighted by Crippen LogP contribution is 2.32. The molecule has 1 aromatic rings. The van der Waals surface area contributed by atoms with E-state index in [1.54, 1.807) is 33.0 Å². The number of nitrogens with zero attached hydrogens (tertiary/aromatic N) is 2. The second-order valence-corrected chi connectivity index (χ2v) is 4.82. The van der Waals surface area contributed by atoms with Gasteiger partial charge in [0.1, 0.15) is 0 Å². The third-order valence-electron chi connectivity index (χ3n) is 2.82. The van der Waals surface area contributed by atoms with Crippen molar-refractivity contribution in [2.75, 3.05) is 25.6 Å². The third-order valence-corrected chi connectivity index (χ3v) is 2.82. The number of carbonyl (C=O) groups is 1. The van der Waals surface area contributed by atoms with E-state index in [-0.39, 0.29) is 29.9 Å². The number of esters is 1. The highest BCUT2D eigenvalue weighted by atomic mass is 16.6. The monoisotopic (exact) mass is 296 g/mol. The summed E-state index contributed by atoms with van der Waals surface area (Å²) in [5.74, 6) is -0.0835. The van der Waals surface area contributed by atoms with Crippen LogP contribution in [0.25, 0.3) is 0 Å². The van der Waals surface area contributed by atoms with E-state index in [0.29, 0.717) is 6.54 Å². The summed E-state index contributed by atoms with van der Waals surface area (Å²) in [5.41, 5.74) is 0.661. The smallest absolute Gasteiger partial charge is 0.311 e. The van der Waals surface area contributed by atoms with Crippen molar-refractivity contribution in [2.24, 2.45) is 0 Å². The number of hydrogen-bond acceptors (Lipinski definition) is 6. The molecule has 0 atom stereocenters. The number of rotatable bonds is 7. The summed E-state index contributed by atoms with van der Waals surface area (Å²) < 4.78 is 10.1. The molecule has 1 rings (SSSR count). The molecule has 21 heavy (non-hydrogen) atoms. The molecule has 0 N–H and O–H groups in total. The van der Waals surface area contributed by atoms with Crippen LogP contribution in [0.4, 0.5) is 11.4 Å². The van der Waals surface area contributed by atoms with E-state index in [2.05, 4.69) is 4.74 Å². The average molecular weight is 296 g/mol. The summed E-state index contributed by atoms with van der Waals surface area (Å²) in [7, 11) is 3.13. The van der Waals surface area contributed by atoms with Crippen LogP contribution in [0.1, 0.15) is 20.3 Å². The number of anilines is 1. The number of nitro benzene ring substituents is 1. The average Bonchev–Trinajstić information content (AvgIpc) is 2.43. The Hall–Kier alpha value is -2.31. The molecule has 7 nitrogen and oxygen atoms in total. The molecule has 0 fully saturated rings. The number of carbonyl (C=O) groups excluding carboxylic acids is 1. The molecule has 0 aliphatic rings. The Morgan fingerprint density at radius 2 is 2.10 bits per heavy atom. The summed E-state index contributed by atoms with van der Waals surface area (Å²) in [6, 6.07) is 4.64. The number of hydrogen-bond donors (Lipinski definition) is 0. The maximum atomic E-state index is 11.1. The number of methoxy groups -OCH3 is 1. The number of nitro groups is 1. The van der Waals surface area contributed by atoms with Crippen molar-refractivity contribution < 1.29 is 19.2 Å². The molecule has 0 saturated carbocycles. The molecule has 116 valence electrons. The molecule has 0 radical (unpaired) electrons. The van der Waals surface area contributed by atoms with Gasteiger partial charge in [-0.05, 0) is 19.9 Å². The van der Waals surface area contributed by atoms with Gasteiger partial charge >= 0.3 is 11.7 Å². The standard InChI is InChI=1S/C14H20N2O5/c1-10(2)21-13-9-11(5-6-12(13)16(18)19)15(3)8-7-14(17)20-4/h5-6,9-10H,7-8H2,1-4H3. The Bertz CT molecular complexity index is 516. The zero-order valence-electron chi connectivity index (χ0n) is 12.7. The first-order valence-electron chi connectivity index (χ1n) is 6.58. The second kappa shape index (κ2) is 7.47. The van der Waals surface area contributed by atoms with E-state index in [4.69, 9.17) is 4.74 Å². The first-order chi connectivity index (χ1) is 9.85. The van der Waals surface area contributed by atoms with Gasteiger partial charge in [0.2, 0.25) is 0 Å². The molecule has 0 aliphatic heterocycles. The lowest BCUT2D eigenvalue weighted by atomic mass is 10.2. The predicted octanol–water partition coefficient (Wildman–Crippen LogP) is 2.38. The molecule has 7 heteroatoms. The lowest BCUT2D eigenvalue weighted by Gasteiger charge is -2.20. The van der Waals surface area contributed by atoms with E-state index in [9.17, 15) is 14.9 Å². The summed E-state index contributed by atoms with van der Waals surface area (Å²) in [6.45, 7) is 4.06. The second-order valence-electron chi connectivity index (χ2n) is 4.82. The Kier molecular flexibility index (Phi) is 5.95. The van der Waals surface area contributed by atoms with Crippen LogP contribution in [0.3, 0.4) is 0 Å². The van der Waals surface area contributed by atoms with E-state index in [1.165, 1.54) is 13.2 Å². The minimum atomic E-state index is -0.476. The van der Waals surface area contributed by atoms with Gasteiger partial charge in [0.15, 0.2) is 5.75 Å². The van der Waals surface area contributed by atoms with Gasteiger partial charge in [0.05, 0.1) is 24.6 Å². The Balaban J connectivity index is 2.93. The summed E-state index contributed by atoms with van der Waals surface area (Å²) in [5, 5.41) is 11.0. The molecule has 0 bridgehead atoms. The normalized spacial score (nSPS) is 10.3. The molecule has 0 aromatic heterocycles. The summed E-state index contributed by atoms with van der Waals surface area (Å²) in [6.07, 6.45) is 0.0731. The maximum Gasteiger partial charge on any atom is 0.311 e. The quantitative estimate of drug-likeness (QED) is 0.436. The highest BCUT2D eigenvalue weighted by Gasteiger charge is 2.18. The fraction of sp³-hybridized carbons (Fsp3) is 0.500. The van der Waals surface area contributed by atoms with E-state index < -0.39 is 4.92 Å². The van der Waals surface area contributed by atoms with Crippen molar-refractivity contribution in [3.63, 3.8) is 0 Å². The van der Waals surface area contributed by atoms with Gasteiger partial charge in [-0.3, -0.25) is 14.9 Å². The molecule has 0 spiro atoms. The van der Waals surface area contributed by atoms with Crippen molar-refractivity contribution in [3.8, 4) is 5.75 Å². The summed E-state index contributed by atoms with van der Waals surface area (Å²) in [4.78, 5) is 23.5. The topological polar surface area (TPSA) is 81.9 Å². The maximum absolute atomic E-state index is 11.1. The minimum absolute atomic E-state index is 0.0752. The van der Waals surface area contributed by atoms with Crippen LogP contribution in [0.2, 0.25) is 0 Å². The Morgan fingerprint density at radius 3 is 2.62 bits per heavy atom. The Morgan fingerprint density at radius 1 is 1.43 bits per heavy atom.